The molecule has 0 amide bonds. The van der Waals surface area contributed by atoms with Gasteiger partial charge in [0.25, 0.3) is 0 Å². The Morgan fingerprint density at radius 1 is 0.733 bits per heavy atom. The number of aromatic nitrogens is 4. The second kappa shape index (κ2) is 7.97. The van der Waals surface area contributed by atoms with Gasteiger partial charge in [-0.15, -0.1) is 5.10 Å². The van der Waals surface area contributed by atoms with E-state index in [9.17, 15) is 0 Å². The highest BCUT2D eigenvalue weighted by Gasteiger charge is 2.19. The van der Waals surface area contributed by atoms with Gasteiger partial charge in [-0.05, 0) is 5.56 Å². The zero-order valence-electron chi connectivity index (χ0n) is 16.0. The van der Waals surface area contributed by atoms with Gasteiger partial charge in [0.2, 0.25) is 0 Å². The monoisotopic (exact) mass is 411 g/mol. The fourth-order valence-electron chi connectivity index (χ4n) is 3.33. The van der Waals surface area contributed by atoms with Crippen molar-refractivity contribution in [3.05, 3.63) is 102 Å². The maximum absolute atomic E-state index is 6.63. The van der Waals surface area contributed by atoms with Crippen LogP contribution in [-0.2, 0) is 6.54 Å². The molecule has 0 aliphatic rings. The largest absolute Gasteiger partial charge is 0.375 e. The molecule has 0 aliphatic heterocycles. The summed E-state index contributed by atoms with van der Waals surface area (Å²) in [6.45, 7) is 0.607. The maximum atomic E-state index is 6.63. The first-order chi connectivity index (χ1) is 14.8. The average Bonchev–Trinajstić information content (AvgIpc) is 3.25. The molecular weight excluding hydrogens is 394 g/mol. The number of rotatable bonds is 5. The fraction of sp³-hybridized carbons (Fsp3) is 0.0417. The van der Waals surface area contributed by atoms with Crippen molar-refractivity contribution in [1.29, 1.82) is 0 Å². The van der Waals surface area contributed by atoms with Gasteiger partial charge in [-0.2, -0.15) is 4.52 Å². The molecule has 3 aromatic carbocycles. The summed E-state index contributed by atoms with van der Waals surface area (Å²) in [5.74, 6) is 1.27. The molecule has 0 saturated carbocycles. The summed E-state index contributed by atoms with van der Waals surface area (Å²) in [6.07, 6.45) is 0. The summed E-state index contributed by atoms with van der Waals surface area (Å²) in [6, 6.07) is 29.9. The summed E-state index contributed by atoms with van der Waals surface area (Å²) in [4.78, 5) is 9.46. The second-order valence-corrected chi connectivity index (χ2v) is 7.20. The summed E-state index contributed by atoms with van der Waals surface area (Å²) >= 11 is 6.63. The maximum Gasteiger partial charge on any atom is 0.184 e. The van der Waals surface area contributed by atoms with Gasteiger partial charge >= 0.3 is 0 Å². The van der Waals surface area contributed by atoms with E-state index in [0.29, 0.717) is 34.7 Å². The minimum absolute atomic E-state index is 0.365. The predicted molar refractivity (Wildman–Crippen MR) is 120 cm³/mol. The SMILES string of the molecule is Clc1nc(-c2ccccc2)n2nc(-c3ccccc3)nc2c1NCc1ccccc1. The topological polar surface area (TPSA) is 55.1 Å². The van der Waals surface area contributed by atoms with E-state index >= 15 is 0 Å². The van der Waals surface area contributed by atoms with Crippen LogP contribution < -0.4 is 5.32 Å². The van der Waals surface area contributed by atoms with Gasteiger partial charge in [0.15, 0.2) is 22.4 Å². The molecule has 2 aromatic heterocycles. The van der Waals surface area contributed by atoms with E-state index in [4.69, 9.17) is 21.7 Å². The summed E-state index contributed by atoms with van der Waals surface area (Å²) < 4.78 is 1.76. The van der Waals surface area contributed by atoms with Gasteiger partial charge in [-0.25, -0.2) is 9.97 Å². The Labute approximate surface area is 179 Å². The van der Waals surface area contributed by atoms with Crippen LogP contribution in [0, 0.1) is 0 Å². The first-order valence-electron chi connectivity index (χ1n) is 9.64. The number of hydrogen-bond donors (Lipinski definition) is 1. The van der Waals surface area contributed by atoms with E-state index in [2.05, 4.69) is 22.4 Å². The Hall–Kier alpha value is -3.70. The molecule has 146 valence electrons. The number of fused-ring (bicyclic) bond motifs is 1. The first-order valence-corrected chi connectivity index (χ1v) is 10.0. The number of hydrogen-bond acceptors (Lipinski definition) is 4. The number of benzene rings is 3. The molecule has 0 unspecified atom stereocenters. The van der Waals surface area contributed by atoms with E-state index in [0.717, 1.165) is 16.7 Å². The lowest BCUT2D eigenvalue weighted by molar-refractivity contribution is 0.935. The van der Waals surface area contributed by atoms with Crippen LogP contribution >= 0.6 is 11.6 Å². The van der Waals surface area contributed by atoms with Crippen LogP contribution in [0.4, 0.5) is 5.69 Å². The van der Waals surface area contributed by atoms with Crippen molar-refractivity contribution in [3.63, 3.8) is 0 Å². The molecule has 30 heavy (non-hydrogen) atoms. The molecule has 2 heterocycles. The minimum Gasteiger partial charge on any atom is -0.375 e. The van der Waals surface area contributed by atoms with Gasteiger partial charge in [-0.3, -0.25) is 0 Å². The van der Waals surface area contributed by atoms with Gasteiger partial charge in [0.05, 0.1) is 0 Å². The van der Waals surface area contributed by atoms with E-state index in [1.54, 1.807) is 4.52 Å². The van der Waals surface area contributed by atoms with Crippen molar-refractivity contribution < 1.29 is 0 Å². The fourth-order valence-corrected chi connectivity index (χ4v) is 3.56. The van der Waals surface area contributed by atoms with Crippen LogP contribution in [0.25, 0.3) is 28.4 Å². The average molecular weight is 412 g/mol. The summed E-state index contributed by atoms with van der Waals surface area (Å²) in [7, 11) is 0. The predicted octanol–water partition coefficient (Wildman–Crippen LogP) is 5.72. The van der Waals surface area contributed by atoms with E-state index < -0.39 is 0 Å². The molecular formula is C24H18ClN5. The molecule has 0 atom stereocenters. The van der Waals surface area contributed by atoms with Gasteiger partial charge in [0, 0.05) is 17.7 Å². The molecule has 0 saturated heterocycles. The highest BCUT2D eigenvalue weighted by atomic mass is 35.5. The quantitative estimate of drug-likeness (QED) is 0.375. The first kappa shape index (κ1) is 18.3. The molecule has 1 N–H and O–H groups in total. The summed E-state index contributed by atoms with van der Waals surface area (Å²) in [5, 5.41) is 8.52. The second-order valence-electron chi connectivity index (χ2n) is 6.84. The molecule has 0 radical (unpaired) electrons. The molecule has 0 spiro atoms. The van der Waals surface area contributed by atoms with Crippen molar-refractivity contribution >= 4 is 22.9 Å². The highest BCUT2D eigenvalue weighted by Crippen LogP contribution is 2.31. The van der Waals surface area contributed by atoms with E-state index in [-0.39, 0.29) is 0 Å². The molecule has 5 rings (SSSR count). The van der Waals surface area contributed by atoms with Crippen LogP contribution in [0.3, 0.4) is 0 Å². The lowest BCUT2D eigenvalue weighted by atomic mass is 10.2. The third kappa shape index (κ3) is 3.51. The van der Waals surface area contributed by atoms with Crippen LogP contribution in [0.1, 0.15) is 5.56 Å². The molecule has 0 fully saturated rings. The standard InChI is InChI=1S/C24H18ClN5/c25-21-20(26-16-17-10-4-1-5-11-17)24-28-22(18-12-6-2-7-13-18)29-30(24)23(27-21)19-14-8-3-9-15-19/h1-15,26H,16H2. The van der Waals surface area contributed by atoms with Crippen molar-refractivity contribution in [2.24, 2.45) is 0 Å². The Kier molecular flexibility index (Phi) is 4.87. The zero-order chi connectivity index (χ0) is 20.3. The normalized spacial score (nSPS) is 11.0. The third-order valence-corrected chi connectivity index (χ3v) is 5.09. The highest BCUT2D eigenvalue weighted by molar-refractivity contribution is 6.32. The van der Waals surface area contributed by atoms with Crippen molar-refractivity contribution in [2.45, 2.75) is 6.54 Å². The Bertz CT molecular complexity index is 1290. The number of nitrogens with one attached hydrogen (secondary N) is 1. The Morgan fingerprint density at radius 2 is 1.33 bits per heavy atom. The molecule has 5 nitrogen and oxygen atoms in total. The minimum atomic E-state index is 0.365. The number of halogens is 1. The van der Waals surface area contributed by atoms with E-state index in [1.807, 2.05) is 78.9 Å². The summed E-state index contributed by atoms with van der Waals surface area (Å²) in [5.41, 5.74) is 4.30. The lowest BCUT2D eigenvalue weighted by Crippen LogP contribution is -2.06. The zero-order valence-corrected chi connectivity index (χ0v) is 16.8. The van der Waals surface area contributed by atoms with Gasteiger partial charge in [-0.1, -0.05) is 103 Å². The van der Waals surface area contributed by atoms with Crippen LogP contribution in [-0.4, -0.2) is 19.6 Å². The molecule has 0 aliphatic carbocycles. The molecule has 0 bridgehead atoms. The third-order valence-electron chi connectivity index (χ3n) is 4.82. The van der Waals surface area contributed by atoms with Crippen molar-refractivity contribution in [1.82, 2.24) is 19.6 Å². The smallest absolute Gasteiger partial charge is 0.184 e. The number of anilines is 1. The van der Waals surface area contributed by atoms with Crippen molar-refractivity contribution in [3.8, 4) is 22.8 Å². The van der Waals surface area contributed by atoms with E-state index in [1.165, 1.54) is 0 Å². The molecule has 5 aromatic rings. The van der Waals surface area contributed by atoms with Crippen LogP contribution in [0.5, 0.6) is 0 Å². The number of nitrogens with zero attached hydrogens (tertiary/aromatic N) is 4. The van der Waals surface area contributed by atoms with Gasteiger partial charge in [0.1, 0.15) is 5.69 Å². The van der Waals surface area contributed by atoms with Crippen LogP contribution in [0.2, 0.25) is 5.15 Å². The van der Waals surface area contributed by atoms with Crippen LogP contribution in [0.15, 0.2) is 91.0 Å². The van der Waals surface area contributed by atoms with Gasteiger partial charge < -0.3 is 5.32 Å². The molecule has 6 heteroatoms. The lowest BCUT2D eigenvalue weighted by Gasteiger charge is -2.11. The Balaban J connectivity index is 1.66. The Morgan fingerprint density at radius 3 is 2.00 bits per heavy atom. The van der Waals surface area contributed by atoms with Crippen molar-refractivity contribution in [2.75, 3.05) is 5.32 Å².